The van der Waals surface area contributed by atoms with E-state index in [1.54, 1.807) is 0 Å². The highest BCUT2D eigenvalue weighted by molar-refractivity contribution is 7.61. The fourth-order valence-corrected chi connectivity index (χ4v) is 2.09. The predicted molar refractivity (Wildman–Crippen MR) is 91.1 cm³/mol. The van der Waals surface area contributed by atoms with Crippen LogP contribution in [0.3, 0.4) is 0 Å². The molecule has 126 valence electrons. The number of phenolic OH excluding ortho intramolecular Hbond substituents is 1. The van der Waals surface area contributed by atoms with E-state index in [2.05, 4.69) is 10.9 Å². The quantitative estimate of drug-likeness (QED) is 0.865. The second-order valence-corrected chi connectivity index (χ2v) is 5.31. The summed E-state index contributed by atoms with van der Waals surface area (Å²) in [6.45, 7) is 3.63. The molecule has 0 heterocycles. The normalized spacial score (nSPS) is 10.7. The number of benzene rings is 2. The van der Waals surface area contributed by atoms with Crippen LogP contribution in [0.2, 0.25) is 0 Å². The number of carbonyl (C=O) groups is 1. The molecule has 0 aliphatic carbocycles. The van der Waals surface area contributed by atoms with Crippen LogP contribution in [0, 0.1) is 0 Å². The minimum atomic E-state index is -2.75. The Balaban J connectivity index is 0.000000300. The van der Waals surface area contributed by atoms with Crippen molar-refractivity contribution >= 4 is 22.5 Å². The summed E-state index contributed by atoms with van der Waals surface area (Å²) in [6.07, 6.45) is 1.80. The second kappa shape index (κ2) is 9.96. The van der Waals surface area contributed by atoms with Gasteiger partial charge in [0.15, 0.2) is 6.04 Å². The Kier molecular flexibility index (Phi) is 7.93. The topological polar surface area (TPSA) is 104 Å². The standard InChI is InChI=1S/C9H9NO5S.C8H8/c11-7-3-1-6(2-4-7)5-8(9(12)13)10-16(14)15;1-2-8-6-4-3-5-7-8/h1-4,8,11H,5H2,(H,12,13);2-7H,1H2. The van der Waals surface area contributed by atoms with Crippen molar-refractivity contribution in [2.45, 2.75) is 12.5 Å². The van der Waals surface area contributed by atoms with Crippen molar-refractivity contribution in [3.63, 3.8) is 0 Å². The minimum Gasteiger partial charge on any atom is -0.508 e. The molecule has 2 N–H and O–H groups in total. The van der Waals surface area contributed by atoms with Crippen LogP contribution in [0.4, 0.5) is 0 Å². The maximum absolute atomic E-state index is 10.7. The lowest BCUT2D eigenvalue weighted by atomic mass is 10.1. The van der Waals surface area contributed by atoms with Crippen LogP contribution in [0.1, 0.15) is 11.1 Å². The summed E-state index contributed by atoms with van der Waals surface area (Å²) in [5, 5.41) is 17.7. The van der Waals surface area contributed by atoms with Gasteiger partial charge in [-0.3, -0.25) is 0 Å². The number of carboxylic acid groups (broad SMARTS) is 1. The Morgan fingerprint density at radius 2 is 1.71 bits per heavy atom. The van der Waals surface area contributed by atoms with Crippen molar-refractivity contribution < 1.29 is 23.4 Å². The Hall–Kier alpha value is -2.93. The first-order valence-electron chi connectivity index (χ1n) is 6.90. The molecule has 0 radical (unpaired) electrons. The summed E-state index contributed by atoms with van der Waals surface area (Å²) in [4.78, 5) is 10.7. The molecule has 0 saturated carbocycles. The van der Waals surface area contributed by atoms with Crippen molar-refractivity contribution in [1.82, 2.24) is 0 Å². The van der Waals surface area contributed by atoms with Crippen LogP contribution in [0.5, 0.6) is 5.75 Å². The molecule has 7 heteroatoms. The first-order valence-corrected chi connectivity index (χ1v) is 7.94. The van der Waals surface area contributed by atoms with Crippen molar-refractivity contribution in [2.24, 2.45) is 4.36 Å². The number of aliphatic carboxylic acids is 1. The molecule has 0 aliphatic rings. The smallest absolute Gasteiger partial charge is 0.330 e. The molecule has 0 bridgehead atoms. The van der Waals surface area contributed by atoms with Gasteiger partial charge in [0.05, 0.1) is 0 Å². The molecule has 2 aromatic carbocycles. The summed E-state index contributed by atoms with van der Waals surface area (Å²) in [6, 6.07) is 14.5. The maximum Gasteiger partial charge on any atom is 0.330 e. The van der Waals surface area contributed by atoms with Crippen LogP contribution in [-0.4, -0.2) is 30.6 Å². The molecular weight excluding hydrogens is 330 g/mol. The van der Waals surface area contributed by atoms with Crippen molar-refractivity contribution in [3.8, 4) is 5.75 Å². The van der Waals surface area contributed by atoms with Gasteiger partial charge in [-0.15, -0.1) is 0 Å². The number of hydrogen-bond acceptors (Lipinski definition) is 5. The van der Waals surface area contributed by atoms with E-state index in [-0.39, 0.29) is 12.2 Å². The average Bonchev–Trinajstić information content (AvgIpc) is 2.57. The molecule has 0 fully saturated rings. The molecule has 24 heavy (non-hydrogen) atoms. The van der Waals surface area contributed by atoms with Crippen LogP contribution >= 0.6 is 0 Å². The highest BCUT2D eigenvalue weighted by atomic mass is 32.2. The van der Waals surface area contributed by atoms with Gasteiger partial charge in [-0.2, -0.15) is 12.8 Å². The van der Waals surface area contributed by atoms with Gasteiger partial charge in [-0.25, -0.2) is 4.79 Å². The van der Waals surface area contributed by atoms with Crippen molar-refractivity contribution in [2.75, 3.05) is 0 Å². The third-order valence-electron chi connectivity index (χ3n) is 2.90. The Morgan fingerprint density at radius 3 is 2.12 bits per heavy atom. The van der Waals surface area contributed by atoms with E-state index in [4.69, 9.17) is 10.2 Å². The minimum absolute atomic E-state index is 0.0381. The molecule has 0 amide bonds. The monoisotopic (exact) mass is 347 g/mol. The largest absolute Gasteiger partial charge is 0.508 e. The van der Waals surface area contributed by atoms with Gasteiger partial charge in [0.2, 0.25) is 0 Å². The van der Waals surface area contributed by atoms with Gasteiger partial charge in [0.25, 0.3) is 0 Å². The molecule has 0 aliphatic heterocycles. The third kappa shape index (κ3) is 7.37. The molecule has 0 spiro atoms. The zero-order valence-corrected chi connectivity index (χ0v) is 13.6. The molecule has 0 aromatic heterocycles. The summed E-state index contributed by atoms with van der Waals surface area (Å²) in [5.41, 5.74) is 1.76. The van der Waals surface area contributed by atoms with E-state index in [9.17, 15) is 13.2 Å². The number of hydrogen-bond donors (Lipinski definition) is 2. The maximum atomic E-state index is 10.7. The molecule has 1 atom stereocenters. The van der Waals surface area contributed by atoms with Gasteiger partial charge in [0, 0.05) is 6.42 Å². The number of aromatic hydroxyl groups is 1. The Labute approximate surface area is 141 Å². The molecule has 2 aromatic rings. The van der Waals surface area contributed by atoms with Gasteiger partial charge >= 0.3 is 16.5 Å². The third-order valence-corrected chi connectivity index (χ3v) is 3.33. The fourth-order valence-electron chi connectivity index (χ4n) is 1.72. The van der Waals surface area contributed by atoms with E-state index in [0.717, 1.165) is 0 Å². The average molecular weight is 347 g/mol. The number of phenols is 1. The summed E-state index contributed by atoms with van der Waals surface area (Å²) in [5.74, 6) is -1.25. The highest BCUT2D eigenvalue weighted by Crippen LogP contribution is 2.12. The molecule has 1 unspecified atom stereocenters. The lowest BCUT2D eigenvalue weighted by Crippen LogP contribution is -2.20. The predicted octanol–water partition coefficient (Wildman–Crippen LogP) is 2.78. The number of carboxylic acids is 1. The molecular formula is C17H17NO5S. The molecule has 6 nitrogen and oxygen atoms in total. The Bertz CT molecular complexity index is 791. The van der Waals surface area contributed by atoms with Crippen molar-refractivity contribution in [1.29, 1.82) is 0 Å². The molecule has 2 rings (SSSR count). The lowest BCUT2D eigenvalue weighted by Gasteiger charge is -2.04. The highest BCUT2D eigenvalue weighted by Gasteiger charge is 2.17. The van der Waals surface area contributed by atoms with E-state index in [0.29, 0.717) is 5.56 Å². The lowest BCUT2D eigenvalue weighted by molar-refractivity contribution is -0.138. The molecule has 0 saturated heterocycles. The van der Waals surface area contributed by atoms with E-state index in [1.165, 1.54) is 29.8 Å². The zero-order chi connectivity index (χ0) is 17.9. The summed E-state index contributed by atoms with van der Waals surface area (Å²) < 4.78 is 23.6. The van der Waals surface area contributed by atoms with Gasteiger partial charge in [-0.1, -0.05) is 55.1 Å². The number of nitrogens with zero attached hydrogens (tertiary/aromatic N) is 1. The first kappa shape index (κ1) is 19.1. The van der Waals surface area contributed by atoms with Crippen molar-refractivity contribution in [3.05, 3.63) is 72.3 Å². The van der Waals surface area contributed by atoms with Crippen LogP contribution < -0.4 is 0 Å². The fraction of sp³-hybridized carbons (Fsp3) is 0.118. The first-order chi connectivity index (χ1) is 11.4. The van der Waals surface area contributed by atoms with E-state index in [1.807, 2.05) is 36.4 Å². The van der Waals surface area contributed by atoms with Gasteiger partial charge in [-0.05, 0) is 23.3 Å². The SMILES string of the molecule is C=Cc1ccccc1.O=C(O)C(Cc1ccc(O)cc1)N=S(=O)=O. The summed E-state index contributed by atoms with van der Waals surface area (Å²) in [7, 11) is -2.75. The number of rotatable bonds is 5. The second-order valence-electron chi connectivity index (χ2n) is 4.66. The zero-order valence-electron chi connectivity index (χ0n) is 12.7. The van der Waals surface area contributed by atoms with E-state index < -0.39 is 22.5 Å². The van der Waals surface area contributed by atoms with E-state index >= 15 is 0 Å². The van der Waals surface area contributed by atoms with Gasteiger partial charge in [0.1, 0.15) is 5.75 Å². The Morgan fingerprint density at radius 1 is 1.12 bits per heavy atom. The van der Waals surface area contributed by atoms with Crippen LogP contribution in [-0.2, 0) is 21.7 Å². The van der Waals surface area contributed by atoms with Crippen LogP contribution in [0.15, 0.2) is 65.5 Å². The van der Waals surface area contributed by atoms with Gasteiger partial charge < -0.3 is 10.2 Å². The summed E-state index contributed by atoms with van der Waals surface area (Å²) >= 11 is 0. The van der Waals surface area contributed by atoms with Crippen LogP contribution in [0.25, 0.3) is 6.08 Å².